The Morgan fingerprint density at radius 3 is 2.44 bits per heavy atom. The second-order valence-corrected chi connectivity index (χ2v) is 9.85. The molecule has 0 bridgehead atoms. The molecule has 0 saturated carbocycles. The Morgan fingerprint density at radius 2 is 1.68 bits per heavy atom. The van der Waals surface area contributed by atoms with Crippen molar-refractivity contribution in [3.05, 3.63) is 84.4 Å². The number of morpholine rings is 1. The number of para-hydroxylation sites is 2. The number of amides is 4. The Labute approximate surface area is 238 Å². The zero-order chi connectivity index (χ0) is 28.8. The van der Waals surface area contributed by atoms with Gasteiger partial charge in [-0.1, -0.05) is 42.5 Å². The van der Waals surface area contributed by atoms with Gasteiger partial charge < -0.3 is 26.4 Å². The average molecular weight is 556 g/mol. The Bertz CT molecular complexity index is 1440. The van der Waals surface area contributed by atoms with E-state index in [1.54, 1.807) is 49.4 Å². The van der Waals surface area contributed by atoms with E-state index in [0.29, 0.717) is 66.9 Å². The highest BCUT2D eigenvalue weighted by Crippen LogP contribution is 2.29. The van der Waals surface area contributed by atoms with E-state index in [4.69, 9.17) is 15.5 Å². The summed E-state index contributed by atoms with van der Waals surface area (Å²) in [6.45, 7) is 4.72. The molecule has 3 aromatic rings. The van der Waals surface area contributed by atoms with E-state index < -0.39 is 24.1 Å². The van der Waals surface area contributed by atoms with Gasteiger partial charge in [-0.25, -0.2) is 4.79 Å². The molecule has 0 aliphatic carbocycles. The van der Waals surface area contributed by atoms with Gasteiger partial charge in [-0.05, 0) is 43.3 Å². The summed E-state index contributed by atoms with van der Waals surface area (Å²) in [4.78, 5) is 49.0. The van der Waals surface area contributed by atoms with E-state index in [-0.39, 0.29) is 5.91 Å². The van der Waals surface area contributed by atoms with Crippen LogP contribution < -0.4 is 26.6 Å². The first-order valence-corrected chi connectivity index (χ1v) is 13.5. The number of rotatable bonds is 7. The average Bonchev–Trinajstić information content (AvgIpc) is 3.08. The molecule has 2 aliphatic heterocycles. The minimum atomic E-state index is -1.29. The molecule has 2 heterocycles. The Balaban J connectivity index is 1.48. The van der Waals surface area contributed by atoms with Gasteiger partial charge in [-0.15, -0.1) is 0 Å². The lowest BCUT2D eigenvalue weighted by molar-refractivity contribution is -0.124. The fourth-order valence-electron chi connectivity index (χ4n) is 4.84. The summed E-state index contributed by atoms with van der Waals surface area (Å²) in [5, 5.41) is 8.30. The maximum absolute atomic E-state index is 14.1. The van der Waals surface area contributed by atoms with Crippen LogP contribution in [0.15, 0.2) is 83.9 Å². The monoisotopic (exact) mass is 555 g/mol. The number of nitrogens with two attached hydrogens (primary N) is 1. The van der Waals surface area contributed by atoms with Crippen molar-refractivity contribution in [2.45, 2.75) is 19.1 Å². The van der Waals surface area contributed by atoms with Gasteiger partial charge in [-0.2, -0.15) is 0 Å². The first-order chi connectivity index (χ1) is 19.9. The van der Waals surface area contributed by atoms with Gasteiger partial charge in [0.25, 0.3) is 5.91 Å². The minimum Gasteiger partial charge on any atom is -0.399 e. The van der Waals surface area contributed by atoms with Gasteiger partial charge in [-0.3, -0.25) is 24.4 Å². The van der Waals surface area contributed by atoms with Crippen molar-refractivity contribution in [1.82, 2.24) is 10.2 Å². The quantitative estimate of drug-likeness (QED) is 0.331. The third kappa shape index (κ3) is 6.71. The van der Waals surface area contributed by atoms with E-state index in [9.17, 15) is 14.4 Å². The highest BCUT2D eigenvalue weighted by atomic mass is 16.5. The second kappa shape index (κ2) is 12.6. The Hall–Kier alpha value is -4.74. The molecule has 0 aromatic heterocycles. The molecule has 2 aliphatic rings. The van der Waals surface area contributed by atoms with Crippen molar-refractivity contribution < 1.29 is 19.1 Å². The number of hydrogen-bond acceptors (Lipinski definition) is 7. The number of urea groups is 1. The molecular weight excluding hydrogens is 522 g/mol. The molecule has 2 atom stereocenters. The van der Waals surface area contributed by atoms with E-state index in [1.165, 1.54) is 4.90 Å². The van der Waals surface area contributed by atoms with Gasteiger partial charge in [0.2, 0.25) is 12.1 Å². The van der Waals surface area contributed by atoms with E-state index in [2.05, 4.69) is 20.9 Å². The molecule has 0 spiro atoms. The summed E-state index contributed by atoms with van der Waals surface area (Å²) in [7, 11) is 0. The van der Waals surface area contributed by atoms with Crippen LogP contribution in [0.5, 0.6) is 0 Å². The van der Waals surface area contributed by atoms with Crippen molar-refractivity contribution in [1.29, 1.82) is 0 Å². The van der Waals surface area contributed by atoms with Gasteiger partial charge in [0, 0.05) is 42.3 Å². The number of ether oxygens (including phenoxy) is 1. The number of benzene rings is 3. The summed E-state index contributed by atoms with van der Waals surface area (Å²) in [5.74, 6) is -0.910. The van der Waals surface area contributed by atoms with E-state index in [0.717, 1.165) is 0 Å². The van der Waals surface area contributed by atoms with Gasteiger partial charge >= 0.3 is 6.03 Å². The van der Waals surface area contributed by atoms with Crippen LogP contribution in [0.1, 0.15) is 12.5 Å². The molecule has 41 heavy (non-hydrogen) atoms. The van der Waals surface area contributed by atoms with Gasteiger partial charge in [0.15, 0.2) is 0 Å². The predicted molar refractivity (Wildman–Crippen MR) is 159 cm³/mol. The number of fused-ring (bicyclic) bond motifs is 1. The van der Waals surface area contributed by atoms with Crippen LogP contribution in [0.25, 0.3) is 0 Å². The number of anilines is 4. The second-order valence-electron chi connectivity index (χ2n) is 9.85. The van der Waals surface area contributed by atoms with Crippen LogP contribution >= 0.6 is 0 Å². The zero-order valence-corrected chi connectivity index (χ0v) is 22.7. The van der Waals surface area contributed by atoms with Gasteiger partial charge in [0.1, 0.15) is 6.04 Å². The Kier molecular flexibility index (Phi) is 8.56. The topological polar surface area (TPSA) is 141 Å². The lowest BCUT2D eigenvalue weighted by Crippen LogP contribution is -2.54. The summed E-state index contributed by atoms with van der Waals surface area (Å²) in [6, 6.07) is 21.6. The van der Waals surface area contributed by atoms with Crippen molar-refractivity contribution in [3.63, 3.8) is 0 Å². The van der Waals surface area contributed by atoms with E-state index in [1.807, 2.05) is 36.4 Å². The minimum absolute atomic E-state index is 0.376. The SMILES string of the molecule is CC(C(=O)Nc1ccccc1)N1C(=O)C(NC(=O)Nc2cccc(N)c2)N=C(CN2CCOCC2)c2ccccc21. The van der Waals surface area contributed by atoms with Crippen LogP contribution in [0.2, 0.25) is 0 Å². The van der Waals surface area contributed by atoms with Crippen LogP contribution in [-0.2, 0) is 14.3 Å². The largest absolute Gasteiger partial charge is 0.399 e. The molecular formula is C30H33N7O4. The molecule has 1 saturated heterocycles. The lowest BCUT2D eigenvalue weighted by atomic mass is 10.0. The molecule has 4 amide bonds. The smallest absolute Gasteiger partial charge is 0.321 e. The summed E-state index contributed by atoms with van der Waals surface area (Å²) >= 11 is 0. The number of carbonyl (C=O) groups excluding carboxylic acids is 3. The number of nitrogens with zero attached hydrogens (tertiary/aromatic N) is 3. The standard InChI is InChI=1S/C30H33N7O4/c1-20(28(38)32-22-9-3-2-4-10-22)37-26-13-6-5-12-24(26)25(19-36-14-16-41-17-15-36)34-27(29(37)39)35-30(40)33-23-11-7-8-21(31)18-23/h2-13,18,20,27H,14-17,19,31H2,1H3,(H,32,38)(H2,33,35,40). The summed E-state index contributed by atoms with van der Waals surface area (Å²) < 4.78 is 5.50. The maximum atomic E-state index is 14.1. The molecule has 5 rings (SSSR count). The van der Waals surface area contributed by atoms with Crippen molar-refractivity contribution in [2.24, 2.45) is 4.99 Å². The molecule has 11 nitrogen and oxygen atoms in total. The molecule has 212 valence electrons. The highest BCUT2D eigenvalue weighted by Gasteiger charge is 2.38. The first-order valence-electron chi connectivity index (χ1n) is 13.5. The number of carbonyl (C=O) groups is 3. The Morgan fingerprint density at radius 1 is 0.976 bits per heavy atom. The van der Waals surface area contributed by atoms with Crippen LogP contribution in [0, 0.1) is 0 Å². The third-order valence-electron chi connectivity index (χ3n) is 6.93. The number of nitrogens with one attached hydrogen (secondary N) is 3. The lowest BCUT2D eigenvalue weighted by Gasteiger charge is -2.30. The number of nitrogen functional groups attached to an aromatic ring is 1. The van der Waals surface area contributed by atoms with E-state index >= 15 is 0 Å². The fourth-order valence-corrected chi connectivity index (χ4v) is 4.84. The van der Waals surface area contributed by atoms with Crippen molar-refractivity contribution in [2.75, 3.05) is 54.1 Å². The molecule has 11 heteroatoms. The van der Waals surface area contributed by atoms with Crippen molar-refractivity contribution in [3.8, 4) is 0 Å². The number of hydrogen-bond donors (Lipinski definition) is 4. The van der Waals surface area contributed by atoms with Gasteiger partial charge in [0.05, 0.1) is 24.6 Å². The number of benzodiazepines with no additional fused rings is 1. The first kappa shape index (κ1) is 27.8. The molecule has 1 fully saturated rings. The predicted octanol–water partition coefficient (Wildman–Crippen LogP) is 2.91. The van der Waals surface area contributed by atoms with Crippen LogP contribution in [-0.4, -0.2) is 73.5 Å². The zero-order valence-electron chi connectivity index (χ0n) is 22.7. The molecule has 3 aromatic carbocycles. The molecule has 0 radical (unpaired) electrons. The maximum Gasteiger partial charge on any atom is 0.321 e. The third-order valence-corrected chi connectivity index (χ3v) is 6.93. The fraction of sp³-hybridized carbons (Fsp3) is 0.267. The van der Waals surface area contributed by atoms with Crippen LogP contribution in [0.4, 0.5) is 27.5 Å². The van der Waals surface area contributed by atoms with Crippen LogP contribution in [0.3, 0.4) is 0 Å². The molecule has 2 unspecified atom stereocenters. The normalized spacial score (nSPS) is 18.0. The molecule has 5 N–H and O–H groups in total. The summed E-state index contributed by atoms with van der Waals surface area (Å²) in [6.07, 6.45) is -1.29. The van der Waals surface area contributed by atoms with Crippen molar-refractivity contribution >= 4 is 46.3 Å². The number of aliphatic imine (C=N–C) groups is 1. The summed E-state index contributed by atoms with van der Waals surface area (Å²) in [5.41, 5.74) is 9.30. The highest BCUT2D eigenvalue weighted by molar-refractivity contribution is 6.16.